The van der Waals surface area contributed by atoms with Crippen LogP contribution >= 0.6 is 0 Å². The number of hydrogen-bond donors (Lipinski definition) is 0. The number of carbonyl (C=O) groups is 1. The molecule has 1 aliphatic heterocycles. The normalized spacial score (nSPS) is 15.3. The van der Waals surface area contributed by atoms with Crippen molar-refractivity contribution in [2.24, 2.45) is 0 Å². The van der Waals surface area contributed by atoms with Crippen LogP contribution in [0.2, 0.25) is 0 Å². The van der Waals surface area contributed by atoms with E-state index < -0.39 is 29.1 Å². The van der Waals surface area contributed by atoms with Gasteiger partial charge in [-0.1, -0.05) is 24.3 Å². The molecule has 0 aliphatic carbocycles. The molecule has 36 heavy (non-hydrogen) atoms. The predicted octanol–water partition coefficient (Wildman–Crippen LogP) is 5.97. The van der Waals surface area contributed by atoms with Gasteiger partial charge in [0.1, 0.15) is 5.58 Å². The molecule has 9 heteroatoms. The van der Waals surface area contributed by atoms with E-state index in [0.29, 0.717) is 23.7 Å². The fourth-order valence-corrected chi connectivity index (χ4v) is 4.46. The minimum Gasteiger partial charge on any atom is -0.493 e. The van der Waals surface area contributed by atoms with E-state index in [0.717, 1.165) is 17.0 Å². The fraction of sp³-hybridized carbons (Fsp3) is 0.185. The topological polar surface area (TPSA) is 69.0 Å². The number of hydrogen-bond acceptors (Lipinski definition) is 5. The van der Waals surface area contributed by atoms with Gasteiger partial charge in [0.2, 0.25) is 5.76 Å². The Morgan fingerprint density at radius 2 is 1.75 bits per heavy atom. The van der Waals surface area contributed by atoms with Crippen molar-refractivity contribution in [2.45, 2.75) is 19.1 Å². The van der Waals surface area contributed by atoms with Crippen molar-refractivity contribution in [3.63, 3.8) is 0 Å². The summed E-state index contributed by atoms with van der Waals surface area (Å²) in [7, 11) is 1.45. The van der Waals surface area contributed by atoms with E-state index in [2.05, 4.69) is 0 Å². The second-order valence-corrected chi connectivity index (χ2v) is 8.14. The number of methoxy groups -OCH3 is 1. The molecule has 0 saturated carbocycles. The number of para-hydroxylation sites is 1. The summed E-state index contributed by atoms with van der Waals surface area (Å²) in [4.78, 5) is 28.4. The van der Waals surface area contributed by atoms with E-state index in [9.17, 15) is 22.8 Å². The molecule has 0 N–H and O–H groups in total. The van der Waals surface area contributed by atoms with Crippen molar-refractivity contribution in [1.82, 2.24) is 0 Å². The van der Waals surface area contributed by atoms with Crippen LogP contribution in [-0.4, -0.2) is 19.6 Å². The molecule has 5 rings (SSSR count). The van der Waals surface area contributed by atoms with Crippen LogP contribution in [-0.2, 0) is 6.18 Å². The molecule has 2 heterocycles. The third-order valence-corrected chi connectivity index (χ3v) is 6.03. The summed E-state index contributed by atoms with van der Waals surface area (Å²) in [5.41, 5.74) is -0.681. The molecule has 1 unspecified atom stereocenters. The fourth-order valence-electron chi connectivity index (χ4n) is 4.46. The standard InChI is InChI=1S/C27H20F3NO5/c1-3-35-20-12-11-15(13-21(20)34-2)23-22-24(32)18-9-4-5-10-19(18)36-25(22)26(33)31(23)17-8-6-7-16(14-17)27(28,29)30/h4-14,23H,3H2,1-2H3. The zero-order valence-electron chi connectivity index (χ0n) is 19.3. The van der Waals surface area contributed by atoms with E-state index in [4.69, 9.17) is 13.9 Å². The lowest BCUT2D eigenvalue weighted by molar-refractivity contribution is -0.137. The van der Waals surface area contributed by atoms with Gasteiger partial charge in [-0.2, -0.15) is 13.2 Å². The number of alkyl halides is 3. The molecule has 184 valence electrons. The Morgan fingerprint density at radius 1 is 0.972 bits per heavy atom. The second-order valence-electron chi connectivity index (χ2n) is 8.14. The molecule has 4 aromatic rings. The molecule has 1 aliphatic rings. The van der Waals surface area contributed by atoms with Crippen LogP contribution < -0.4 is 19.8 Å². The number of fused-ring (bicyclic) bond motifs is 2. The summed E-state index contributed by atoms with van der Waals surface area (Å²) in [5.74, 6) is -0.132. The van der Waals surface area contributed by atoms with Gasteiger partial charge < -0.3 is 13.9 Å². The zero-order chi connectivity index (χ0) is 25.6. The largest absolute Gasteiger partial charge is 0.493 e. The molecule has 1 amide bonds. The molecule has 0 saturated heterocycles. The lowest BCUT2D eigenvalue weighted by Crippen LogP contribution is -2.29. The van der Waals surface area contributed by atoms with Gasteiger partial charge in [0.25, 0.3) is 5.91 Å². The van der Waals surface area contributed by atoms with Crippen molar-refractivity contribution >= 4 is 22.6 Å². The van der Waals surface area contributed by atoms with E-state index in [1.165, 1.54) is 19.2 Å². The Balaban J connectivity index is 1.78. The van der Waals surface area contributed by atoms with Crippen molar-refractivity contribution in [1.29, 1.82) is 0 Å². The maximum atomic E-state index is 13.6. The van der Waals surface area contributed by atoms with Gasteiger partial charge in [0.05, 0.1) is 36.3 Å². The monoisotopic (exact) mass is 495 g/mol. The minimum absolute atomic E-state index is 0.0254. The van der Waals surface area contributed by atoms with Crippen LogP contribution in [0.15, 0.2) is 75.9 Å². The first-order chi connectivity index (χ1) is 17.2. The van der Waals surface area contributed by atoms with Crippen molar-refractivity contribution in [3.05, 3.63) is 99.4 Å². The minimum atomic E-state index is -4.62. The van der Waals surface area contributed by atoms with Crippen LogP contribution in [0.4, 0.5) is 18.9 Å². The summed E-state index contributed by atoms with van der Waals surface area (Å²) in [6.07, 6.45) is -4.62. The number of nitrogens with zero attached hydrogens (tertiary/aromatic N) is 1. The van der Waals surface area contributed by atoms with E-state index in [-0.39, 0.29) is 28.0 Å². The molecule has 1 atom stereocenters. The van der Waals surface area contributed by atoms with Gasteiger partial charge in [-0.15, -0.1) is 0 Å². The molecular formula is C27H20F3NO5. The van der Waals surface area contributed by atoms with Gasteiger partial charge in [-0.25, -0.2) is 0 Å². The summed E-state index contributed by atoms with van der Waals surface area (Å²) in [6.45, 7) is 2.19. The van der Waals surface area contributed by atoms with Gasteiger partial charge in [-0.05, 0) is 55.0 Å². The van der Waals surface area contributed by atoms with Gasteiger partial charge in [-0.3, -0.25) is 14.5 Å². The highest BCUT2D eigenvalue weighted by molar-refractivity contribution is 6.10. The van der Waals surface area contributed by atoms with Crippen LogP contribution in [0, 0.1) is 0 Å². The van der Waals surface area contributed by atoms with Crippen LogP contribution in [0.1, 0.15) is 40.2 Å². The maximum absolute atomic E-state index is 13.6. The van der Waals surface area contributed by atoms with Gasteiger partial charge in [0.15, 0.2) is 16.9 Å². The molecule has 3 aromatic carbocycles. The Bertz CT molecular complexity index is 1540. The maximum Gasteiger partial charge on any atom is 0.416 e. The quantitative estimate of drug-likeness (QED) is 0.341. The van der Waals surface area contributed by atoms with Crippen molar-refractivity contribution in [3.8, 4) is 11.5 Å². The lowest BCUT2D eigenvalue weighted by atomic mass is 9.97. The van der Waals surface area contributed by atoms with Crippen molar-refractivity contribution < 1.29 is 31.9 Å². The number of anilines is 1. The molecule has 0 radical (unpaired) electrons. The number of halogens is 3. The van der Waals surface area contributed by atoms with Gasteiger partial charge >= 0.3 is 6.18 Å². The highest BCUT2D eigenvalue weighted by Crippen LogP contribution is 2.44. The van der Waals surface area contributed by atoms with Crippen LogP contribution in [0.3, 0.4) is 0 Å². The summed E-state index contributed by atoms with van der Waals surface area (Å²) < 4.78 is 57.4. The Kier molecular flexibility index (Phi) is 5.70. The average Bonchev–Trinajstić information content (AvgIpc) is 3.16. The molecule has 0 fully saturated rings. The summed E-state index contributed by atoms with van der Waals surface area (Å²) in [5, 5.41) is 0.262. The number of carbonyl (C=O) groups excluding carboxylic acids is 1. The number of rotatable bonds is 5. The first kappa shape index (κ1) is 23.5. The molecular weight excluding hydrogens is 475 g/mol. The summed E-state index contributed by atoms with van der Waals surface area (Å²) >= 11 is 0. The van der Waals surface area contributed by atoms with Crippen LogP contribution in [0.5, 0.6) is 11.5 Å². The Hall–Kier alpha value is -4.27. The third-order valence-electron chi connectivity index (χ3n) is 6.03. The third kappa shape index (κ3) is 3.77. The van der Waals surface area contributed by atoms with Crippen molar-refractivity contribution in [2.75, 3.05) is 18.6 Å². The first-order valence-corrected chi connectivity index (χ1v) is 11.1. The molecule has 0 bridgehead atoms. The smallest absolute Gasteiger partial charge is 0.416 e. The number of amides is 1. The van der Waals surface area contributed by atoms with Crippen LogP contribution in [0.25, 0.3) is 11.0 Å². The van der Waals surface area contributed by atoms with E-state index in [1.807, 2.05) is 6.92 Å². The number of benzene rings is 3. The highest BCUT2D eigenvalue weighted by atomic mass is 19.4. The lowest BCUT2D eigenvalue weighted by Gasteiger charge is -2.26. The molecule has 6 nitrogen and oxygen atoms in total. The zero-order valence-corrected chi connectivity index (χ0v) is 19.3. The van der Waals surface area contributed by atoms with E-state index >= 15 is 0 Å². The first-order valence-electron chi connectivity index (χ1n) is 11.1. The van der Waals surface area contributed by atoms with E-state index in [1.54, 1.807) is 42.5 Å². The SMILES string of the molecule is CCOc1ccc(C2c3c(oc4ccccc4c3=O)C(=O)N2c2cccc(C(F)(F)F)c2)cc1OC. The summed E-state index contributed by atoms with van der Waals surface area (Å²) in [6, 6.07) is 14.7. The Labute approximate surface area is 203 Å². The predicted molar refractivity (Wildman–Crippen MR) is 127 cm³/mol. The molecule has 1 aromatic heterocycles. The Morgan fingerprint density at radius 3 is 2.47 bits per heavy atom. The average molecular weight is 495 g/mol. The highest BCUT2D eigenvalue weighted by Gasteiger charge is 2.44. The molecule has 0 spiro atoms. The van der Waals surface area contributed by atoms with Gasteiger partial charge in [0, 0.05) is 5.69 Å². The number of ether oxygens (including phenoxy) is 2. The second kappa shape index (κ2) is 8.75.